The first-order chi connectivity index (χ1) is 13.8. The molecule has 0 saturated carbocycles. The Morgan fingerprint density at radius 2 is 1.79 bits per heavy atom. The maximum Gasteiger partial charge on any atom is 0.307 e. The van der Waals surface area contributed by atoms with Crippen LogP contribution in [0.25, 0.3) is 0 Å². The number of halogens is 1. The predicted molar refractivity (Wildman–Crippen MR) is 103 cm³/mol. The fourth-order valence-electron chi connectivity index (χ4n) is 3.53. The van der Waals surface area contributed by atoms with Crippen LogP contribution in [0, 0.1) is 5.82 Å². The lowest BCUT2D eigenvalue weighted by Crippen LogP contribution is -2.41. The summed E-state index contributed by atoms with van der Waals surface area (Å²) >= 11 is 0. The van der Waals surface area contributed by atoms with Crippen molar-refractivity contribution < 1.29 is 31.8 Å². The fourth-order valence-corrected chi connectivity index (χ4v) is 5.20. The topological polar surface area (TPSA) is 82.1 Å². The molecular formula is C20H22FNO6S. The van der Waals surface area contributed by atoms with E-state index < -0.39 is 32.7 Å². The Bertz CT molecular complexity index is 1020. The Kier molecular flexibility index (Phi) is 6.09. The molecule has 0 spiro atoms. The highest BCUT2D eigenvalue weighted by Gasteiger charge is 2.39. The standard InChI is InChI=1S/C20H22FNO6S/c1-26-17-10-13-8-9-22(29(24,25)19-7-5-4-6-15(19)21)16(12-20(23)28-3)14(13)11-18(17)27-2/h4-7,10-11,16H,8-9,12H2,1-3H3/t16-/m1/s1. The zero-order chi connectivity index (χ0) is 21.2. The number of fused-ring (bicyclic) bond motifs is 1. The third-order valence-electron chi connectivity index (χ3n) is 4.96. The van der Waals surface area contributed by atoms with Crippen LogP contribution in [0.3, 0.4) is 0 Å². The zero-order valence-electron chi connectivity index (χ0n) is 16.3. The van der Waals surface area contributed by atoms with Crippen molar-refractivity contribution in [3.63, 3.8) is 0 Å². The van der Waals surface area contributed by atoms with E-state index >= 15 is 0 Å². The van der Waals surface area contributed by atoms with Gasteiger partial charge in [0.25, 0.3) is 0 Å². The maximum absolute atomic E-state index is 14.3. The quantitative estimate of drug-likeness (QED) is 0.665. The molecule has 1 heterocycles. The van der Waals surface area contributed by atoms with E-state index in [-0.39, 0.29) is 13.0 Å². The molecule has 156 valence electrons. The molecule has 0 aromatic heterocycles. The van der Waals surface area contributed by atoms with Gasteiger partial charge < -0.3 is 14.2 Å². The van der Waals surface area contributed by atoms with E-state index in [0.29, 0.717) is 23.5 Å². The molecule has 3 rings (SSSR count). The number of hydrogen-bond donors (Lipinski definition) is 0. The first kappa shape index (κ1) is 21.1. The van der Waals surface area contributed by atoms with Crippen molar-refractivity contribution in [1.82, 2.24) is 4.31 Å². The van der Waals surface area contributed by atoms with E-state index in [1.54, 1.807) is 12.1 Å². The van der Waals surface area contributed by atoms with E-state index in [1.807, 2.05) is 0 Å². The van der Waals surface area contributed by atoms with Gasteiger partial charge in [-0.2, -0.15) is 4.31 Å². The third-order valence-corrected chi connectivity index (χ3v) is 6.91. The van der Waals surface area contributed by atoms with Gasteiger partial charge in [-0.15, -0.1) is 0 Å². The zero-order valence-corrected chi connectivity index (χ0v) is 17.2. The van der Waals surface area contributed by atoms with Crippen LogP contribution in [0.1, 0.15) is 23.6 Å². The highest BCUT2D eigenvalue weighted by Crippen LogP contribution is 2.41. The van der Waals surface area contributed by atoms with Crippen LogP contribution >= 0.6 is 0 Å². The minimum absolute atomic E-state index is 0.0841. The number of methoxy groups -OCH3 is 3. The van der Waals surface area contributed by atoms with Gasteiger partial charge in [0.1, 0.15) is 10.7 Å². The van der Waals surface area contributed by atoms with E-state index in [0.717, 1.165) is 15.9 Å². The Balaban J connectivity index is 2.14. The highest BCUT2D eigenvalue weighted by molar-refractivity contribution is 7.89. The molecule has 1 aliphatic heterocycles. The lowest BCUT2D eigenvalue weighted by atomic mass is 9.91. The van der Waals surface area contributed by atoms with Gasteiger partial charge in [0, 0.05) is 6.54 Å². The van der Waals surface area contributed by atoms with Crippen molar-refractivity contribution in [2.24, 2.45) is 0 Å². The first-order valence-electron chi connectivity index (χ1n) is 8.91. The first-order valence-corrected chi connectivity index (χ1v) is 10.4. The summed E-state index contributed by atoms with van der Waals surface area (Å²) in [6.45, 7) is 0.0841. The van der Waals surface area contributed by atoms with Gasteiger partial charge in [0.2, 0.25) is 10.0 Å². The molecule has 0 bridgehead atoms. The van der Waals surface area contributed by atoms with E-state index in [1.165, 1.54) is 39.5 Å². The number of sulfonamides is 1. The number of esters is 1. The molecule has 0 amide bonds. The van der Waals surface area contributed by atoms with Gasteiger partial charge in [-0.3, -0.25) is 4.79 Å². The monoisotopic (exact) mass is 423 g/mol. The average molecular weight is 423 g/mol. The number of carbonyl (C=O) groups excluding carboxylic acids is 1. The van der Waals surface area contributed by atoms with Crippen molar-refractivity contribution in [3.8, 4) is 11.5 Å². The molecule has 0 saturated heterocycles. The number of hydrogen-bond acceptors (Lipinski definition) is 6. The summed E-state index contributed by atoms with van der Waals surface area (Å²) in [6, 6.07) is 7.74. The molecule has 0 radical (unpaired) electrons. The molecule has 1 aliphatic rings. The summed E-state index contributed by atoms with van der Waals surface area (Å²) in [5.74, 6) is -0.506. The lowest BCUT2D eigenvalue weighted by molar-refractivity contribution is -0.141. The minimum atomic E-state index is -4.20. The van der Waals surface area contributed by atoms with Crippen molar-refractivity contribution in [2.45, 2.75) is 23.8 Å². The number of ether oxygens (including phenoxy) is 3. The molecule has 2 aromatic rings. The fraction of sp³-hybridized carbons (Fsp3) is 0.350. The molecule has 2 aromatic carbocycles. The minimum Gasteiger partial charge on any atom is -0.493 e. The molecule has 9 heteroatoms. The van der Waals surface area contributed by atoms with Gasteiger partial charge in [0.15, 0.2) is 11.5 Å². The smallest absolute Gasteiger partial charge is 0.307 e. The van der Waals surface area contributed by atoms with Crippen molar-refractivity contribution in [3.05, 3.63) is 53.3 Å². The summed E-state index contributed by atoms with van der Waals surface area (Å²) in [5, 5.41) is 0. The Hall–Kier alpha value is -2.65. The maximum atomic E-state index is 14.3. The summed E-state index contributed by atoms with van der Waals surface area (Å²) < 4.78 is 57.4. The van der Waals surface area contributed by atoms with Crippen molar-refractivity contribution >= 4 is 16.0 Å². The SMILES string of the molecule is COC(=O)C[C@@H]1c2cc(OC)c(OC)cc2CCN1S(=O)(=O)c1ccccc1F. The highest BCUT2D eigenvalue weighted by atomic mass is 32.2. The average Bonchev–Trinajstić information content (AvgIpc) is 2.72. The number of nitrogens with zero attached hydrogens (tertiary/aromatic N) is 1. The van der Waals surface area contributed by atoms with Gasteiger partial charge in [0.05, 0.1) is 33.8 Å². The molecule has 0 N–H and O–H groups in total. The summed E-state index contributed by atoms with van der Waals surface area (Å²) in [7, 11) is 0.0137. The van der Waals surface area contributed by atoms with Gasteiger partial charge >= 0.3 is 5.97 Å². The number of rotatable bonds is 6. The predicted octanol–water partition coefficient (Wildman–Crippen LogP) is 2.69. The second-order valence-electron chi connectivity index (χ2n) is 6.50. The van der Waals surface area contributed by atoms with Gasteiger partial charge in [-0.1, -0.05) is 12.1 Å². The number of carbonyl (C=O) groups is 1. The van der Waals surface area contributed by atoms with Crippen LogP contribution in [0.4, 0.5) is 4.39 Å². The molecular weight excluding hydrogens is 401 g/mol. The van der Waals surface area contributed by atoms with Gasteiger partial charge in [-0.05, 0) is 41.8 Å². The summed E-state index contributed by atoms with van der Waals surface area (Å²) in [5.41, 5.74) is 1.43. The van der Waals surface area contributed by atoms with Crippen LogP contribution in [-0.4, -0.2) is 46.6 Å². The Morgan fingerprint density at radius 1 is 1.14 bits per heavy atom. The molecule has 0 fully saturated rings. The van der Waals surface area contributed by atoms with Crippen molar-refractivity contribution in [2.75, 3.05) is 27.9 Å². The van der Waals surface area contributed by atoms with Crippen LogP contribution in [0.2, 0.25) is 0 Å². The Morgan fingerprint density at radius 3 is 2.41 bits per heavy atom. The summed E-state index contributed by atoms with van der Waals surface area (Å²) in [4.78, 5) is 11.6. The molecule has 0 unspecified atom stereocenters. The Labute approximate surface area is 169 Å². The molecule has 29 heavy (non-hydrogen) atoms. The van der Waals surface area contributed by atoms with E-state index in [9.17, 15) is 17.6 Å². The lowest BCUT2D eigenvalue weighted by Gasteiger charge is -2.36. The van der Waals surface area contributed by atoms with Crippen LogP contribution in [0.15, 0.2) is 41.3 Å². The van der Waals surface area contributed by atoms with Crippen LogP contribution in [0.5, 0.6) is 11.5 Å². The largest absolute Gasteiger partial charge is 0.493 e. The van der Waals surface area contributed by atoms with Crippen LogP contribution in [-0.2, 0) is 26.0 Å². The van der Waals surface area contributed by atoms with Crippen LogP contribution < -0.4 is 9.47 Å². The second kappa shape index (κ2) is 8.38. The summed E-state index contributed by atoms with van der Waals surface area (Å²) in [6.07, 6.45) is 0.160. The second-order valence-corrected chi connectivity index (χ2v) is 8.36. The van der Waals surface area contributed by atoms with E-state index in [2.05, 4.69) is 0 Å². The third kappa shape index (κ3) is 3.92. The normalized spacial score (nSPS) is 16.8. The molecule has 0 aliphatic carbocycles. The molecule has 7 nitrogen and oxygen atoms in total. The van der Waals surface area contributed by atoms with Crippen molar-refractivity contribution in [1.29, 1.82) is 0 Å². The molecule has 1 atom stereocenters. The van der Waals surface area contributed by atoms with Gasteiger partial charge in [-0.25, -0.2) is 12.8 Å². The van der Waals surface area contributed by atoms with E-state index in [4.69, 9.17) is 14.2 Å². The number of benzene rings is 2.